The molecule has 0 N–H and O–H groups in total. The summed E-state index contributed by atoms with van der Waals surface area (Å²) in [5.41, 5.74) is 0.862. The fraction of sp³-hybridized carbons (Fsp3) is 0.296. The van der Waals surface area contributed by atoms with E-state index in [-0.39, 0.29) is 11.9 Å². The molecule has 0 spiro atoms. The molecule has 0 saturated heterocycles. The first-order valence-corrected chi connectivity index (χ1v) is 10.2. The molecular weight excluding hydrogens is 420 g/mol. The van der Waals surface area contributed by atoms with Gasteiger partial charge < -0.3 is 14.2 Å². The van der Waals surface area contributed by atoms with Gasteiger partial charge in [0.2, 0.25) is 0 Å². The highest BCUT2D eigenvalue weighted by atomic mass is 16.6. The molecule has 0 aromatic heterocycles. The van der Waals surface area contributed by atoms with E-state index in [1.54, 1.807) is 26.8 Å². The third-order valence-corrected chi connectivity index (χ3v) is 3.58. The molecule has 33 heavy (non-hydrogen) atoms. The van der Waals surface area contributed by atoms with Gasteiger partial charge in [-0.1, -0.05) is 56.1 Å². The second-order valence-corrected chi connectivity index (χ2v) is 8.20. The molecule has 0 aliphatic carbocycles. The molecule has 0 amide bonds. The third-order valence-electron chi connectivity index (χ3n) is 3.58. The van der Waals surface area contributed by atoms with Gasteiger partial charge in [-0.25, -0.2) is 14.4 Å². The summed E-state index contributed by atoms with van der Waals surface area (Å²) in [7, 11) is 1.33. The standard InChI is InChI=1S/C14H12O2.C8H14O2.C5H8O2/c1-10(2)14(15)16-13-9-5-7-11-6-3-4-8-12(11)13;1-6(2)7(9)10-8(3,4)5;1-4(2)5(6)7-3/h3-9H,1H2,2H3;1H2,2-5H3;1H2,2-3H3. The molecule has 2 aromatic rings. The van der Waals surface area contributed by atoms with E-state index in [0.29, 0.717) is 22.5 Å². The molecule has 0 saturated carbocycles. The van der Waals surface area contributed by atoms with E-state index in [2.05, 4.69) is 24.5 Å². The van der Waals surface area contributed by atoms with Crippen molar-refractivity contribution in [2.45, 2.75) is 47.1 Å². The Kier molecular flexibility index (Phi) is 12.2. The quantitative estimate of drug-likeness (QED) is 0.322. The van der Waals surface area contributed by atoms with Crippen molar-refractivity contribution in [3.63, 3.8) is 0 Å². The summed E-state index contributed by atoms with van der Waals surface area (Å²) in [5.74, 6) is -0.491. The minimum Gasteiger partial charge on any atom is -0.466 e. The van der Waals surface area contributed by atoms with E-state index in [1.165, 1.54) is 7.11 Å². The molecule has 0 heterocycles. The Morgan fingerprint density at radius 1 is 0.727 bits per heavy atom. The minimum atomic E-state index is -0.407. The molecule has 0 aliphatic heterocycles. The van der Waals surface area contributed by atoms with Gasteiger partial charge in [0.15, 0.2) is 0 Å². The maximum Gasteiger partial charge on any atom is 0.338 e. The molecule has 0 atom stereocenters. The first kappa shape index (κ1) is 29.3. The number of methoxy groups -OCH3 is 1. The summed E-state index contributed by atoms with van der Waals surface area (Å²) in [5, 5.41) is 1.98. The number of rotatable bonds is 4. The topological polar surface area (TPSA) is 78.9 Å². The normalized spacial score (nSPS) is 9.79. The molecule has 0 bridgehead atoms. The van der Waals surface area contributed by atoms with Gasteiger partial charge in [-0.05, 0) is 53.0 Å². The predicted molar refractivity (Wildman–Crippen MR) is 132 cm³/mol. The zero-order valence-electron chi connectivity index (χ0n) is 20.6. The fourth-order valence-corrected chi connectivity index (χ4v) is 2.01. The average Bonchev–Trinajstić information content (AvgIpc) is 2.73. The van der Waals surface area contributed by atoms with Crippen LogP contribution in [0.15, 0.2) is 78.9 Å². The number of hydrogen-bond acceptors (Lipinski definition) is 6. The molecule has 0 radical (unpaired) electrons. The minimum absolute atomic E-state index is 0.326. The molecule has 2 aromatic carbocycles. The second kappa shape index (κ2) is 13.7. The van der Waals surface area contributed by atoms with Crippen LogP contribution in [0.1, 0.15) is 41.5 Å². The van der Waals surface area contributed by atoms with Crippen LogP contribution in [0.5, 0.6) is 5.75 Å². The number of carbonyl (C=O) groups excluding carboxylic acids is 3. The van der Waals surface area contributed by atoms with Gasteiger partial charge >= 0.3 is 17.9 Å². The number of ether oxygens (including phenoxy) is 3. The molecule has 6 nitrogen and oxygen atoms in total. The lowest BCUT2D eigenvalue weighted by atomic mass is 10.1. The van der Waals surface area contributed by atoms with Crippen molar-refractivity contribution in [3.8, 4) is 5.75 Å². The first-order chi connectivity index (χ1) is 15.2. The van der Waals surface area contributed by atoms with Gasteiger partial charge in [0.1, 0.15) is 11.4 Å². The lowest BCUT2D eigenvalue weighted by Crippen LogP contribution is -2.23. The number of esters is 3. The van der Waals surface area contributed by atoms with Crippen LogP contribution in [-0.4, -0.2) is 30.6 Å². The molecule has 178 valence electrons. The number of benzene rings is 2. The van der Waals surface area contributed by atoms with Gasteiger partial charge in [0.25, 0.3) is 0 Å². The van der Waals surface area contributed by atoms with Crippen LogP contribution in [0, 0.1) is 0 Å². The van der Waals surface area contributed by atoms with Crippen LogP contribution >= 0.6 is 0 Å². The van der Waals surface area contributed by atoms with Gasteiger partial charge in [-0.2, -0.15) is 0 Å². The summed E-state index contributed by atoms with van der Waals surface area (Å²) in [6, 6.07) is 13.4. The Morgan fingerprint density at radius 2 is 1.21 bits per heavy atom. The van der Waals surface area contributed by atoms with Crippen molar-refractivity contribution in [1.29, 1.82) is 0 Å². The molecular formula is C27H34O6. The Hall–Kier alpha value is -3.67. The number of carbonyl (C=O) groups is 3. The van der Waals surface area contributed by atoms with Crippen molar-refractivity contribution in [2.24, 2.45) is 0 Å². The Morgan fingerprint density at radius 3 is 1.61 bits per heavy atom. The first-order valence-electron chi connectivity index (χ1n) is 10.2. The van der Waals surface area contributed by atoms with Gasteiger partial charge in [0.05, 0.1) is 7.11 Å². The zero-order valence-corrected chi connectivity index (χ0v) is 20.6. The second-order valence-electron chi connectivity index (χ2n) is 8.20. The third kappa shape index (κ3) is 12.1. The smallest absolute Gasteiger partial charge is 0.338 e. The average molecular weight is 455 g/mol. The lowest BCUT2D eigenvalue weighted by Gasteiger charge is -2.19. The van der Waals surface area contributed by atoms with Crippen LogP contribution in [0.3, 0.4) is 0 Å². The molecule has 2 rings (SSSR count). The SMILES string of the molecule is C=C(C)C(=O)OC.C=C(C)C(=O)OC(C)(C)C.C=C(C)C(=O)Oc1cccc2ccccc12. The Labute approximate surface area is 196 Å². The van der Waals surface area contributed by atoms with E-state index < -0.39 is 11.6 Å². The van der Waals surface area contributed by atoms with Crippen molar-refractivity contribution >= 4 is 28.7 Å². The molecule has 6 heteroatoms. The van der Waals surface area contributed by atoms with Crippen LogP contribution in [0.25, 0.3) is 10.8 Å². The summed E-state index contributed by atoms with van der Waals surface area (Å²) in [4.78, 5) is 32.5. The molecule has 0 aliphatic rings. The maximum absolute atomic E-state index is 11.4. The fourth-order valence-electron chi connectivity index (χ4n) is 2.01. The van der Waals surface area contributed by atoms with Crippen LogP contribution in [0.4, 0.5) is 0 Å². The Balaban J connectivity index is 0.000000519. The predicted octanol–water partition coefficient (Wildman–Crippen LogP) is 5.96. The van der Waals surface area contributed by atoms with Gasteiger partial charge in [-0.3, -0.25) is 0 Å². The van der Waals surface area contributed by atoms with E-state index in [0.717, 1.165) is 10.8 Å². The highest BCUT2D eigenvalue weighted by molar-refractivity contribution is 5.94. The van der Waals surface area contributed by atoms with E-state index in [4.69, 9.17) is 9.47 Å². The number of fused-ring (bicyclic) bond motifs is 1. The summed E-state index contributed by atoms with van der Waals surface area (Å²) in [6.45, 7) is 20.7. The highest BCUT2D eigenvalue weighted by Gasteiger charge is 2.15. The monoisotopic (exact) mass is 454 g/mol. The molecule has 0 unspecified atom stereocenters. The lowest BCUT2D eigenvalue weighted by molar-refractivity contribution is -0.149. The zero-order chi connectivity index (χ0) is 25.8. The maximum atomic E-state index is 11.4. The van der Waals surface area contributed by atoms with Crippen LogP contribution in [-0.2, 0) is 23.9 Å². The van der Waals surface area contributed by atoms with E-state index >= 15 is 0 Å². The summed E-state index contributed by atoms with van der Waals surface area (Å²) >= 11 is 0. The Bertz CT molecular complexity index is 1020. The largest absolute Gasteiger partial charge is 0.466 e. The van der Waals surface area contributed by atoms with E-state index in [9.17, 15) is 14.4 Å². The summed E-state index contributed by atoms with van der Waals surface area (Å²) < 4.78 is 14.5. The van der Waals surface area contributed by atoms with Crippen molar-refractivity contribution < 1.29 is 28.6 Å². The van der Waals surface area contributed by atoms with Gasteiger partial charge in [0, 0.05) is 22.1 Å². The van der Waals surface area contributed by atoms with Crippen molar-refractivity contribution in [2.75, 3.05) is 7.11 Å². The van der Waals surface area contributed by atoms with Crippen molar-refractivity contribution in [1.82, 2.24) is 0 Å². The molecule has 0 fully saturated rings. The van der Waals surface area contributed by atoms with E-state index in [1.807, 2.05) is 57.2 Å². The van der Waals surface area contributed by atoms with Crippen LogP contribution < -0.4 is 4.74 Å². The van der Waals surface area contributed by atoms with Gasteiger partial charge in [-0.15, -0.1) is 0 Å². The van der Waals surface area contributed by atoms with Crippen LogP contribution in [0.2, 0.25) is 0 Å². The van der Waals surface area contributed by atoms with Crippen molar-refractivity contribution in [3.05, 3.63) is 78.9 Å². The number of hydrogen-bond donors (Lipinski definition) is 0. The summed E-state index contributed by atoms with van der Waals surface area (Å²) in [6.07, 6.45) is 0. The highest BCUT2D eigenvalue weighted by Crippen LogP contribution is 2.25.